The van der Waals surface area contributed by atoms with Crippen molar-refractivity contribution in [1.29, 1.82) is 0 Å². The number of unbranched alkanes of at least 4 members (excludes halogenated alkanes) is 1. The number of rotatable bonds is 8. The van der Waals surface area contributed by atoms with Gasteiger partial charge < -0.3 is 10.1 Å². The molecule has 2 N–H and O–H groups in total. The maximum absolute atomic E-state index is 12.3. The Morgan fingerprint density at radius 1 is 1.32 bits per heavy atom. The number of amides is 1. The number of ether oxygens (including phenoxy) is 1. The van der Waals surface area contributed by atoms with Crippen molar-refractivity contribution in [2.45, 2.75) is 44.6 Å². The van der Waals surface area contributed by atoms with E-state index in [9.17, 15) is 13.2 Å². The molecule has 0 fully saturated rings. The molecule has 0 aromatic heterocycles. The number of methoxy groups -OCH3 is 1. The van der Waals surface area contributed by atoms with Crippen LogP contribution in [0.4, 0.5) is 0 Å². The quantitative estimate of drug-likeness (QED) is 0.714. The summed E-state index contributed by atoms with van der Waals surface area (Å²) in [4.78, 5) is 12.0. The maximum atomic E-state index is 12.3. The molecule has 0 aliphatic heterocycles. The Kier molecular flexibility index (Phi) is 6.83. The molecule has 0 aliphatic carbocycles. The number of sulfonamides is 1. The molecule has 1 amide bonds. The van der Waals surface area contributed by atoms with Crippen LogP contribution in [0.2, 0.25) is 0 Å². The first-order valence-electron chi connectivity index (χ1n) is 7.30. The number of carbonyl (C=O) groups is 1. The lowest BCUT2D eigenvalue weighted by Crippen LogP contribution is -2.31. The minimum Gasteiger partial charge on any atom is -0.495 e. The maximum Gasteiger partial charge on any atom is 0.251 e. The summed E-state index contributed by atoms with van der Waals surface area (Å²) in [6.07, 6.45) is 1.85. The molecule has 0 bridgehead atoms. The Bertz CT molecular complexity index is 612. The van der Waals surface area contributed by atoms with Crippen molar-refractivity contribution < 1.29 is 17.9 Å². The van der Waals surface area contributed by atoms with E-state index in [4.69, 9.17) is 4.74 Å². The van der Waals surface area contributed by atoms with Crippen LogP contribution in [0.15, 0.2) is 23.1 Å². The summed E-state index contributed by atoms with van der Waals surface area (Å²) in [5.41, 5.74) is 0.293. The molecule has 0 spiro atoms. The highest BCUT2D eigenvalue weighted by Gasteiger charge is 2.22. The minimum absolute atomic E-state index is 0.0353. The molecule has 6 nitrogen and oxygen atoms in total. The lowest BCUT2D eigenvalue weighted by atomic mass is 10.2. The third-order valence-electron chi connectivity index (χ3n) is 2.92. The number of hydrogen-bond acceptors (Lipinski definition) is 4. The van der Waals surface area contributed by atoms with E-state index >= 15 is 0 Å². The van der Waals surface area contributed by atoms with E-state index in [0.29, 0.717) is 12.1 Å². The highest BCUT2D eigenvalue weighted by Crippen LogP contribution is 2.25. The van der Waals surface area contributed by atoms with Crippen molar-refractivity contribution in [3.05, 3.63) is 23.8 Å². The van der Waals surface area contributed by atoms with Gasteiger partial charge in [-0.3, -0.25) is 4.79 Å². The van der Waals surface area contributed by atoms with Crippen LogP contribution in [0.3, 0.4) is 0 Å². The summed E-state index contributed by atoms with van der Waals surface area (Å²) >= 11 is 0. The third-order valence-corrected chi connectivity index (χ3v) is 4.60. The van der Waals surface area contributed by atoms with Crippen LogP contribution in [-0.2, 0) is 10.0 Å². The second-order valence-electron chi connectivity index (χ2n) is 5.25. The fraction of sp³-hybridized carbons (Fsp3) is 0.533. The summed E-state index contributed by atoms with van der Waals surface area (Å²) < 4.78 is 32.3. The smallest absolute Gasteiger partial charge is 0.251 e. The summed E-state index contributed by atoms with van der Waals surface area (Å²) in [7, 11) is -2.34. The number of hydrogen-bond donors (Lipinski definition) is 2. The van der Waals surface area contributed by atoms with Gasteiger partial charge in [-0.05, 0) is 38.5 Å². The first-order valence-corrected chi connectivity index (χ1v) is 8.78. The van der Waals surface area contributed by atoms with Crippen molar-refractivity contribution in [1.82, 2.24) is 10.0 Å². The van der Waals surface area contributed by atoms with Crippen LogP contribution in [-0.4, -0.2) is 34.0 Å². The van der Waals surface area contributed by atoms with Crippen molar-refractivity contribution in [3.63, 3.8) is 0 Å². The van der Waals surface area contributed by atoms with Crippen LogP contribution in [0.25, 0.3) is 0 Å². The molecule has 0 aliphatic rings. The van der Waals surface area contributed by atoms with E-state index in [-0.39, 0.29) is 22.6 Å². The van der Waals surface area contributed by atoms with Gasteiger partial charge in [0.05, 0.1) is 7.11 Å². The molecule has 1 aromatic carbocycles. The predicted molar refractivity (Wildman–Crippen MR) is 85.7 cm³/mol. The monoisotopic (exact) mass is 328 g/mol. The van der Waals surface area contributed by atoms with Crippen LogP contribution < -0.4 is 14.8 Å². The summed E-state index contributed by atoms with van der Waals surface area (Å²) in [6.45, 7) is 6.05. The number of carbonyl (C=O) groups excluding carboxylic acids is 1. The second-order valence-corrected chi connectivity index (χ2v) is 6.93. The highest BCUT2D eigenvalue weighted by molar-refractivity contribution is 7.89. The minimum atomic E-state index is -3.74. The van der Waals surface area contributed by atoms with E-state index < -0.39 is 10.0 Å². The van der Waals surface area contributed by atoms with Gasteiger partial charge >= 0.3 is 0 Å². The molecular formula is C15H24N2O4S. The topological polar surface area (TPSA) is 84.5 Å². The fourth-order valence-corrected chi connectivity index (χ4v) is 3.33. The molecule has 0 unspecified atom stereocenters. The zero-order valence-corrected chi connectivity index (χ0v) is 14.3. The highest BCUT2D eigenvalue weighted by atomic mass is 32.2. The Labute approximate surface area is 132 Å². The van der Waals surface area contributed by atoms with Gasteiger partial charge in [0.1, 0.15) is 10.6 Å². The summed E-state index contributed by atoms with van der Waals surface area (Å²) in [6, 6.07) is 4.12. The fourth-order valence-electron chi connectivity index (χ4n) is 1.88. The Hall–Kier alpha value is -1.60. The Morgan fingerprint density at radius 2 is 2.00 bits per heavy atom. The lowest BCUT2D eigenvalue weighted by molar-refractivity contribution is 0.0953. The van der Waals surface area contributed by atoms with Gasteiger partial charge in [-0.2, -0.15) is 0 Å². The van der Waals surface area contributed by atoms with Crippen LogP contribution in [0.1, 0.15) is 44.0 Å². The molecule has 0 heterocycles. The van der Waals surface area contributed by atoms with Crippen LogP contribution >= 0.6 is 0 Å². The van der Waals surface area contributed by atoms with Crippen molar-refractivity contribution >= 4 is 15.9 Å². The summed E-state index contributed by atoms with van der Waals surface area (Å²) in [5.74, 6) is -0.0876. The van der Waals surface area contributed by atoms with Gasteiger partial charge in [0.2, 0.25) is 10.0 Å². The van der Waals surface area contributed by atoms with E-state index in [1.807, 2.05) is 6.92 Å². The van der Waals surface area contributed by atoms with Crippen LogP contribution in [0.5, 0.6) is 5.75 Å². The Morgan fingerprint density at radius 3 is 2.55 bits per heavy atom. The second kappa shape index (κ2) is 8.14. The molecule has 0 saturated carbocycles. The molecule has 7 heteroatoms. The molecule has 0 atom stereocenters. The van der Waals surface area contributed by atoms with Crippen LogP contribution in [0, 0.1) is 0 Å². The average molecular weight is 328 g/mol. The first kappa shape index (κ1) is 18.4. The van der Waals surface area contributed by atoms with E-state index in [1.54, 1.807) is 19.9 Å². The lowest BCUT2D eigenvalue weighted by Gasteiger charge is -2.14. The predicted octanol–water partition coefficient (Wildman–Crippen LogP) is 1.91. The van der Waals surface area contributed by atoms with Gasteiger partial charge in [0.15, 0.2) is 0 Å². The zero-order chi connectivity index (χ0) is 16.8. The Balaban J connectivity index is 3.11. The van der Waals surface area contributed by atoms with Gasteiger partial charge in [0.25, 0.3) is 5.91 Å². The molecular weight excluding hydrogens is 304 g/mol. The largest absolute Gasteiger partial charge is 0.495 e. The molecule has 1 aromatic rings. The molecule has 0 radical (unpaired) electrons. The first-order chi connectivity index (χ1) is 10.3. The molecule has 1 rings (SSSR count). The molecule has 22 heavy (non-hydrogen) atoms. The number of nitrogens with one attached hydrogen (secondary N) is 2. The zero-order valence-electron chi connectivity index (χ0n) is 13.5. The SMILES string of the molecule is CCCCNC(=O)c1ccc(OC)c(S(=O)(=O)NC(C)C)c1. The average Bonchev–Trinajstić information content (AvgIpc) is 2.45. The van der Waals surface area contributed by atoms with Gasteiger partial charge in [-0.1, -0.05) is 13.3 Å². The molecule has 124 valence electrons. The molecule has 0 saturated heterocycles. The standard InChI is InChI=1S/C15H24N2O4S/c1-5-6-9-16-15(18)12-7-8-13(21-4)14(10-12)22(19,20)17-11(2)3/h7-8,10-11,17H,5-6,9H2,1-4H3,(H,16,18). The van der Waals surface area contributed by atoms with E-state index in [2.05, 4.69) is 10.0 Å². The van der Waals surface area contributed by atoms with E-state index in [1.165, 1.54) is 19.2 Å². The van der Waals surface area contributed by atoms with E-state index in [0.717, 1.165) is 12.8 Å². The van der Waals surface area contributed by atoms with Gasteiger partial charge in [-0.15, -0.1) is 0 Å². The van der Waals surface area contributed by atoms with Crippen molar-refractivity contribution in [2.75, 3.05) is 13.7 Å². The van der Waals surface area contributed by atoms with Gasteiger partial charge in [-0.25, -0.2) is 13.1 Å². The van der Waals surface area contributed by atoms with Gasteiger partial charge in [0, 0.05) is 18.2 Å². The van der Waals surface area contributed by atoms with Crippen molar-refractivity contribution in [3.8, 4) is 5.75 Å². The van der Waals surface area contributed by atoms with Crippen molar-refractivity contribution in [2.24, 2.45) is 0 Å². The normalized spacial score (nSPS) is 11.5. The summed E-state index contributed by atoms with van der Waals surface area (Å²) in [5, 5.41) is 2.76. The number of benzene rings is 1. The third kappa shape index (κ3) is 4.99.